The van der Waals surface area contributed by atoms with E-state index < -0.39 is 0 Å². The van der Waals surface area contributed by atoms with Gasteiger partial charge in [0.2, 0.25) is 0 Å². The zero-order valence-corrected chi connectivity index (χ0v) is 12.9. The number of furan rings is 1. The van der Waals surface area contributed by atoms with E-state index in [1.807, 2.05) is 18.2 Å². The van der Waals surface area contributed by atoms with E-state index in [9.17, 15) is 4.79 Å². The van der Waals surface area contributed by atoms with Gasteiger partial charge in [-0.05, 0) is 49.9 Å². The Bertz CT molecular complexity index is 780. The van der Waals surface area contributed by atoms with Gasteiger partial charge in [-0.2, -0.15) is 0 Å². The van der Waals surface area contributed by atoms with E-state index >= 15 is 0 Å². The Morgan fingerprint density at radius 2 is 2.27 bits per heavy atom. The molecule has 3 atom stereocenters. The predicted molar refractivity (Wildman–Crippen MR) is 84.1 cm³/mol. The summed E-state index contributed by atoms with van der Waals surface area (Å²) >= 11 is 6.09. The van der Waals surface area contributed by atoms with Crippen LogP contribution in [0.15, 0.2) is 28.9 Å². The van der Waals surface area contributed by atoms with Crippen molar-refractivity contribution < 1.29 is 9.21 Å². The van der Waals surface area contributed by atoms with E-state index in [-0.39, 0.29) is 11.4 Å². The first-order chi connectivity index (χ1) is 10.7. The number of fused-ring (bicyclic) bond motifs is 4. The Balaban J connectivity index is 1.43. The third-order valence-electron chi connectivity index (χ3n) is 5.74. The van der Waals surface area contributed by atoms with Crippen molar-refractivity contribution in [2.45, 2.75) is 30.8 Å². The number of hydrogen-bond donors (Lipinski definition) is 1. The Kier molecular flexibility index (Phi) is 2.52. The fourth-order valence-electron chi connectivity index (χ4n) is 4.47. The van der Waals surface area contributed by atoms with Gasteiger partial charge < -0.3 is 9.73 Å². The van der Waals surface area contributed by atoms with Crippen LogP contribution in [0.1, 0.15) is 29.6 Å². The number of halogens is 1. The quantitative estimate of drug-likeness (QED) is 0.926. The predicted octanol–water partition coefficient (Wildman–Crippen LogP) is 3.05. The molecule has 2 saturated heterocycles. The normalized spacial score (nSPS) is 31.0. The van der Waals surface area contributed by atoms with Crippen LogP contribution in [0.5, 0.6) is 0 Å². The highest BCUT2D eigenvalue weighted by Crippen LogP contribution is 2.55. The van der Waals surface area contributed by atoms with Gasteiger partial charge >= 0.3 is 0 Å². The van der Waals surface area contributed by atoms with Crippen molar-refractivity contribution in [3.05, 3.63) is 35.0 Å². The van der Waals surface area contributed by atoms with Crippen LogP contribution in [-0.4, -0.2) is 35.5 Å². The summed E-state index contributed by atoms with van der Waals surface area (Å²) in [5.41, 5.74) is 1.64. The molecule has 5 rings (SSSR count). The molecule has 3 heterocycles. The van der Waals surface area contributed by atoms with Crippen molar-refractivity contribution in [1.82, 2.24) is 10.2 Å². The first-order valence-electron chi connectivity index (χ1n) is 7.90. The van der Waals surface area contributed by atoms with E-state index in [0.717, 1.165) is 11.9 Å². The zero-order valence-electron chi connectivity index (χ0n) is 12.1. The van der Waals surface area contributed by atoms with Crippen molar-refractivity contribution in [3.63, 3.8) is 0 Å². The third-order valence-corrected chi connectivity index (χ3v) is 6.03. The highest BCUT2D eigenvalue weighted by molar-refractivity contribution is 6.35. The monoisotopic (exact) mass is 316 g/mol. The van der Waals surface area contributed by atoms with Crippen molar-refractivity contribution in [2.24, 2.45) is 5.92 Å². The standard InChI is InChI=1S/C17H17ClN2O2/c18-13-9-22-14-2-1-10(7-12(13)14)16(21)19-15-11-3-6-20(8-11)17(15)4-5-17/h1-2,7,9,11,15H,3-6,8H2,(H,19,21). The highest BCUT2D eigenvalue weighted by Gasteiger charge is 2.63. The molecule has 1 saturated carbocycles. The lowest BCUT2D eigenvalue weighted by atomic mass is 9.91. The first-order valence-corrected chi connectivity index (χ1v) is 8.28. The molecule has 3 fully saturated rings. The first kappa shape index (κ1) is 13.0. The van der Waals surface area contributed by atoms with Crippen LogP contribution in [0.25, 0.3) is 11.0 Å². The molecule has 1 amide bonds. The summed E-state index contributed by atoms with van der Waals surface area (Å²) in [6.45, 7) is 2.35. The number of rotatable bonds is 2. The SMILES string of the molecule is O=C(NC1C2CCN(C2)C12CC2)c1ccc2occ(Cl)c2c1. The van der Waals surface area contributed by atoms with E-state index in [1.54, 1.807) is 0 Å². The Hall–Kier alpha value is -1.52. The van der Waals surface area contributed by atoms with Crippen LogP contribution in [0.2, 0.25) is 5.02 Å². The maximum atomic E-state index is 12.7. The van der Waals surface area contributed by atoms with Crippen LogP contribution in [0.4, 0.5) is 0 Å². The number of amides is 1. The van der Waals surface area contributed by atoms with Gasteiger partial charge in [0.25, 0.3) is 5.91 Å². The lowest BCUT2D eigenvalue weighted by Crippen LogP contribution is -2.51. The highest BCUT2D eigenvalue weighted by atomic mass is 35.5. The van der Waals surface area contributed by atoms with Gasteiger partial charge in [-0.25, -0.2) is 0 Å². The number of carbonyl (C=O) groups excluding carboxylic acids is 1. The molecular weight excluding hydrogens is 300 g/mol. The molecule has 2 aromatic rings. The smallest absolute Gasteiger partial charge is 0.251 e. The molecule has 5 heteroatoms. The van der Waals surface area contributed by atoms with Crippen LogP contribution in [0.3, 0.4) is 0 Å². The Labute approximate surface area is 133 Å². The lowest BCUT2D eigenvalue weighted by molar-refractivity contribution is 0.0892. The summed E-state index contributed by atoms with van der Waals surface area (Å²) in [5, 5.41) is 4.65. The topological polar surface area (TPSA) is 45.5 Å². The molecule has 1 aliphatic carbocycles. The molecule has 1 aromatic carbocycles. The molecule has 2 aliphatic heterocycles. The van der Waals surface area contributed by atoms with Crippen molar-refractivity contribution >= 4 is 28.5 Å². The van der Waals surface area contributed by atoms with E-state index in [1.165, 1.54) is 32.1 Å². The third kappa shape index (κ3) is 1.65. The van der Waals surface area contributed by atoms with Gasteiger partial charge in [-0.3, -0.25) is 9.69 Å². The minimum absolute atomic E-state index is 0.00388. The Morgan fingerprint density at radius 1 is 1.41 bits per heavy atom. The van der Waals surface area contributed by atoms with Crippen molar-refractivity contribution in [1.29, 1.82) is 0 Å². The molecular formula is C17H17ClN2O2. The number of carbonyl (C=O) groups is 1. The van der Waals surface area contributed by atoms with Gasteiger partial charge in [-0.15, -0.1) is 0 Å². The van der Waals surface area contributed by atoms with Gasteiger partial charge in [0.05, 0.1) is 11.1 Å². The van der Waals surface area contributed by atoms with E-state index in [0.29, 0.717) is 28.1 Å². The fraction of sp³-hybridized carbons (Fsp3) is 0.471. The molecule has 3 unspecified atom stereocenters. The van der Waals surface area contributed by atoms with Crippen LogP contribution in [-0.2, 0) is 0 Å². The average Bonchev–Trinajstić information content (AvgIpc) is 2.90. The summed E-state index contributed by atoms with van der Waals surface area (Å²) in [5.74, 6) is 0.622. The number of piperidine rings is 1. The minimum atomic E-state index is 0.00388. The Morgan fingerprint density at radius 3 is 3.09 bits per heavy atom. The molecule has 3 aliphatic rings. The van der Waals surface area contributed by atoms with Gasteiger partial charge in [0.15, 0.2) is 0 Å². The summed E-state index contributed by atoms with van der Waals surface area (Å²) in [7, 11) is 0. The number of nitrogens with one attached hydrogen (secondary N) is 1. The summed E-state index contributed by atoms with van der Waals surface area (Å²) in [4.78, 5) is 15.2. The molecule has 0 radical (unpaired) electrons. The summed E-state index contributed by atoms with van der Waals surface area (Å²) in [6.07, 6.45) is 5.16. The second kappa shape index (κ2) is 4.27. The molecule has 114 valence electrons. The van der Waals surface area contributed by atoms with Crippen LogP contribution in [0, 0.1) is 5.92 Å². The second-order valence-electron chi connectivity index (χ2n) is 6.84. The van der Waals surface area contributed by atoms with Crippen LogP contribution < -0.4 is 5.32 Å². The maximum absolute atomic E-state index is 12.7. The average molecular weight is 317 g/mol. The van der Waals surface area contributed by atoms with E-state index in [4.69, 9.17) is 16.0 Å². The minimum Gasteiger partial charge on any atom is -0.463 e. The van der Waals surface area contributed by atoms with Gasteiger partial charge in [0.1, 0.15) is 11.8 Å². The number of nitrogens with zero attached hydrogens (tertiary/aromatic N) is 1. The number of hydrogen-bond acceptors (Lipinski definition) is 3. The fourth-order valence-corrected chi connectivity index (χ4v) is 4.66. The zero-order chi connectivity index (χ0) is 14.9. The van der Waals surface area contributed by atoms with Crippen molar-refractivity contribution in [2.75, 3.05) is 13.1 Å². The van der Waals surface area contributed by atoms with Gasteiger partial charge in [0, 0.05) is 23.0 Å². The molecule has 22 heavy (non-hydrogen) atoms. The van der Waals surface area contributed by atoms with Crippen molar-refractivity contribution in [3.8, 4) is 0 Å². The molecule has 1 spiro atoms. The summed E-state index contributed by atoms with van der Waals surface area (Å²) in [6, 6.07) is 5.76. The lowest BCUT2D eigenvalue weighted by Gasteiger charge is -2.33. The number of benzene rings is 1. The largest absolute Gasteiger partial charge is 0.463 e. The molecule has 1 aromatic heterocycles. The molecule has 4 nitrogen and oxygen atoms in total. The summed E-state index contributed by atoms with van der Waals surface area (Å²) < 4.78 is 5.33. The second-order valence-corrected chi connectivity index (χ2v) is 7.25. The molecule has 2 bridgehead atoms. The van der Waals surface area contributed by atoms with E-state index in [2.05, 4.69) is 10.2 Å². The van der Waals surface area contributed by atoms with Crippen LogP contribution >= 0.6 is 11.6 Å². The van der Waals surface area contributed by atoms with Gasteiger partial charge in [-0.1, -0.05) is 11.6 Å². The maximum Gasteiger partial charge on any atom is 0.251 e. The molecule has 1 N–H and O–H groups in total.